The number of hydrogen-bond donors (Lipinski definition) is 1. The van der Waals surface area contributed by atoms with Crippen LogP contribution in [0.2, 0.25) is 0 Å². The molecule has 2 nitrogen and oxygen atoms in total. The Morgan fingerprint density at radius 1 is 1.57 bits per heavy atom. The van der Waals surface area contributed by atoms with Crippen molar-refractivity contribution in [1.29, 1.82) is 0 Å². The second-order valence-electron chi connectivity index (χ2n) is 3.50. The van der Waals surface area contributed by atoms with E-state index >= 15 is 0 Å². The first-order valence-corrected chi connectivity index (χ1v) is 6.07. The van der Waals surface area contributed by atoms with E-state index in [4.69, 9.17) is 11.6 Å². The van der Waals surface area contributed by atoms with Crippen LogP contribution in [-0.2, 0) is 0 Å². The van der Waals surface area contributed by atoms with Crippen LogP contribution < -0.4 is 5.32 Å². The molecular formula is C10H12ClNOS. The largest absolute Gasteiger partial charge is 0.347 e. The molecule has 0 spiro atoms. The van der Waals surface area contributed by atoms with Gasteiger partial charge in [-0.05, 0) is 30.7 Å². The van der Waals surface area contributed by atoms with Gasteiger partial charge in [0.25, 0.3) is 5.91 Å². The zero-order valence-corrected chi connectivity index (χ0v) is 9.27. The van der Waals surface area contributed by atoms with Gasteiger partial charge in [0.2, 0.25) is 0 Å². The minimum absolute atomic E-state index is 0.0116. The standard InChI is InChI=1S/C10H12ClNOS/c11-7-3-1-4-8(7)12-10(13)9-5-2-6-14-9/h2,5-8H,1,3-4H2,(H,12,13). The highest BCUT2D eigenvalue weighted by molar-refractivity contribution is 7.12. The molecule has 1 heterocycles. The van der Waals surface area contributed by atoms with E-state index in [0.29, 0.717) is 0 Å². The lowest BCUT2D eigenvalue weighted by Crippen LogP contribution is -2.37. The van der Waals surface area contributed by atoms with Crippen LogP contribution in [0.1, 0.15) is 28.9 Å². The van der Waals surface area contributed by atoms with Gasteiger partial charge >= 0.3 is 0 Å². The van der Waals surface area contributed by atoms with E-state index in [-0.39, 0.29) is 17.3 Å². The fraction of sp³-hybridized carbons (Fsp3) is 0.500. The Bertz CT molecular complexity index is 312. The monoisotopic (exact) mass is 229 g/mol. The van der Waals surface area contributed by atoms with Crippen LogP contribution in [0.3, 0.4) is 0 Å². The minimum Gasteiger partial charge on any atom is -0.347 e. The summed E-state index contributed by atoms with van der Waals surface area (Å²) in [6.07, 6.45) is 3.13. The molecule has 1 N–H and O–H groups in total. The molecule has 1 aromatic rings. The van der Waals surface area contributed by atoms with Gasteiger partial charge in [-0.1, -0.05) is 6.07 Å². The molecule has 2 unspecified atom stereocenters. The van der Waals surface area contributed by atoms with Crippen molar-refractivity contribution in [3.63, 3.8) is 0 Å². The molecule has 0 bridgehead atoms. The molecule has 4 heteroatoms. The third-order valence-corrected chi connectivity index (χ3v) is 3.88. The van der Waals surface area contributed by atoms with Crippen molar-refractivity contribution in [1.82, 2.24) is 5.32 Å². The Morgan fingerprint density at radius 3 is 3.00 bits per heavy atom. The summed E-state index contributed by atoms with van der Waals surface area (Å²) in [5.74, 6) is 0.0116. The highest BCUT2D eigenvalue weighted by Gasteiger charge is 2.26. The lowest BCUT2D eigenvalue weighted by Gasteiger charge is -2.14. The molecule has 1 amide bonds. The van der Waals surface area contributed by atoms with Crippen molar-refractivity contribution in [2.24, 2.45) is 0 Å². The highest BCUT2D eigenvalue weighted by atomic mass is 35.5. The van der Waals surface area contributed by atoms with Gasteiger partial charge in [0.15, 0.2) is 0 Å². The zero-order chi connectivity index (χ0) is 9.97. The van der Waals surface area contributed by atoms with E-state index in [1.807, 2.05) is 17.5 Å². The van der Waals surface area contributed by atoms with Crippen molar-refractivity contribution in [2.45, 2.75) is 30.7 Å². The number of rotatable bonds is 2. The van der Waals surface area contributed by atoms with E-state index in [2.05, 4.69) is 5.32 Å². The van der Waals surface area contributed by atoms with Crippen molar-refractivity contribution >= 4 is 28.8 Å². The maximum absolute atomic E-state index is 11.6. The topological polar surface area (TPSA) is 29.1 Å². The van der Waals surface area contributed by atoms with Crippen LogP contribution in [0.5, 0.6) is 0 Å². The first-order valence-electron chi connectivity index (χ1n) is 4.76. The maximum atomic E-state index is 11.6. The molecule has 2 rings (SSSR count). The predicted molar refractivity (Wildman–Crippen MR) is 59.1 cm³/mol. The Kier molecular flexibility index (Phi) is 3.08. The number of alkyl halides is 1. The number of thiophene rings is 1. The molecule has 76 valence electrons. The molecule has 0 radical (unpaired) electrons. The van der Waals surface area contributed by atoms with Crippen LogP contribution in [-0.4, -0.2) is 17.3 Å². The summed E-state index contributed by atoms with van der Waals surface area (Å²) < 4.78 is 0. The molecule has 0 saturated heterocycles. The van der Waals surface area contributed by atoms with E-state index < -0.39 is 0 Å². The summed E-state index contributed by atoms with van der Waals surface area (Å²) in [6.45, 7) is 0. The van der Waals surface area contributed by atoms with Crippen LogP contribution in [0.25, 0.3) is 0 Å². The molecule has 2 atom stereocenters. The number of hydrogen-bond acceptors (Lipinski definition) is 2. The first kappa shape index (κ1) is 9.99. The zero-order valence-electron chi connectivity index (χ0n) is 7.70. The number of halogens is 1. The van der Waals surface area contributed by atoms with Gasteiger partial charge in [-0.2, -0.15) is 0 Å². The summed E-state index contributed by atoms with van der Waals surface area (Å²) in [6, 6.07) is 3.87. The number of carbonyl (C=O) groups is 1. The molecule has 1 aromatic heterocycles. The van der Waals surface area contributed by atoms with Gasteiger partial charge in [0, 0.05) is 6.04 Å². The van der Waals surface area contributed by atoms with E-state index in [0.717, 1.165) is 24.1 Å². The fourth-order valence-electron chi connectivity index (χ4n) is 1.72. The first-order chi connectivity index (χ1) is 6.77. The van der Waals surface area contributed by atoms with E-state index in [1.54, 1.807) is 0 Å². The van der Waals surface area contributed by atoms with Crippen LogP contribution in [0, 0.1) is 0 Å². The predicted octanol–water partition coefficient (Wildman–Crippen LogP) is 2.64. The molecule has 14 heavy (non-hydrogen) atoms. The van der Waals surface area contributed by atoms with Crippen molar-refractivity contribution in [2.75, 3.05) is 0 Å². The molecule has 1 aliphatic rings. The van der Waals surface area contributed by atoms with E-state index in [9.17, 15) is 4.79 Å². The molecule has 0 aliphatic heterocycles. The summed E-state index contributed by atoms with van der Waals surface area (Å²) in [5, 5.41) is 4.99. The summed E-state index contributed by atoms with van der Waals surface area (Å²) in [7, 11) is 0. The maximum Gasteiger partial charge on any atom is 0.261 e. The van der Waals surface area contributed by atoms with Crippen LogP contribution >= 0.6 is 22.9 Å². The summed E-state index contributed by atoms with van der Waals surface area (Å²) in [4.78, 5) is 12.4. The van der Waals surface area contributed by atoms with Gasteiger partial charge in [-0.25, -0.2) is 0 Å². The average molecular weight is 230 g/mol. The number of carbonyl (C=O) groups excluding carboxylic acids is 1. The van der Waals surface area contributed by atoms with Gasteiger partial charge in [-0.15, -0.1) is 22.9 Å². The van der Waals surface area contributed by atoms with Gasteiger partial charge < -0.3 is 5.32 Å². The molecule has 1 fully saturated rings. The fourth-order valence-corrected chi connectivity index (χ4v) is 2.69. The Labute approximate surface area is 92.3 Å². The Morgan fingerprint density at radius 2 is 2.43 bits per heavy atom. The summed E-state index contributed by atoms with van der Waals surface area (Å²) >= 11 is 7.53. The minimum atomic E-state index is 0.0116. The number of amides is 1. The summed E-state index contributed by atoms with van der Waals surface area (Å²) in [5.41, 5.74) is 0. The van der Waals surface area contributed by atoms with Crippen molar-refractivity contribution in [3.8, 4) is 0 Å². The highest BCUT2D eigenvalue weighted by Crippen LogP contribution is 2.24. The quantitative estimate of drug-likeness (QED) is 0.777. The van der Waals surface area contributed by atoms with Crippen molar-refractivity contribution in [3.05, 3.63) is 22.4 Å². The van der Waals surface area contributed by atoms with Gasteiger partial charge in [0.05, 0.1) is 10.3 Å². The third kappa shape index (κ3) is 2.10. The van der Waals surface area contributed by atoms with Gasteiger partial charge in [-0.3, -0.25) is 4.79 Å². The smallest absolute Gasteiger partial charge is 0.261 e. The molecular weight excluding hydrogens is 218 g/mol. The number of nitrogens with one attached hydrogen (secondary N) is 1. The second-order valence-corrected chi connectivity index (χ2v) is 5.01. The Balaban J connectivity index is 1.95. The van der Waals surface area contributed by atoms with Crippen LogP contribution in [0.15, 0.2) is 17.5 Å². The lowest BCUT2D eigenvalue weighted by molar-refractivity contribution is 0.0942. The average Bonchev–Trinajstić information content (AvgIpc) is 2.77. The third-order valence-electron chi connectivity index (χ3n) is 2.49. The lowest BCUT2D eigenvalue weighted by atomic mass is 10.2. The van der Waals surface area contributed by atoms with Crippen LogP contribution in [0.4, 0.5) is 0 Å². The van der Waals surface area contributed by atoms with E-state index in [1.165, 1.54) is 11.3 Å². The molecule has 1 aliphatic carbocycles. The molecule has 0 aromatic carbocycles. The second kappa shape index (κ2) is 4.32. The van der Waals surface area contributed by atoms with Crippen molar-refractivity contribution < 1.29 is 4.79 Å². The normalized spacial score (nSPS) is 26.4. The Hall–Kier alpha value is -0.540. The van der Waals surface area contributed by atoms with Gasteiger partial charge in [0.1, 0.15) is 0 Å². The SMILES string of the molecule is O=C(NC1CCCC1Cl)c1cccs1. The molecule has 1 saturated carbocycles.